The van der Waals surface area contributed by atoms with E-state index in [1.165, 1.54) is 103 Å². The van der Waals surface area contributed by atoms with Gasteiger partial charge in [0.05, 0.1) is 12.2 Å². The summed E-state index contributed by atoms with van der Waals surface area (Å²) in [4.78, 5) is 35.3. The number of urea groups is 2. The van der Waals surface area contributed by atoms with Crippen LogP contribution in [-0.2, 0) is 9.47 Å². The highest BCUT2D eigenvalue weighted by atomic mass is 16.5. The van der Waals surface area contributed by atoms with Crippen molar-refractivity contribution in [2.45, 2.75) is 204 Å². The van der Waals surface area contributed by atoms with E-state index < -0.39 is 0 Å². The molecule has 8 fully saturated rings. The number of carbonyl (C=O) groups excluding carboxylic acids is 2. The first-order chi connectivity index (χ1) is 26.5. The van der Waals surface area contributed by atoms with Crippen LogP contribution >= 0.6 is 0 Å². The van der Waals surface area contributed by atoms with Gasteiger partial charge in [-0.05, 0) is 127 Å². The molecule has 10 heteroatoms. The van der Waals surface area contributed by atoms with Gasteiger partial charge in [0, 0.05) is 88.7 Å². The van der Waals surface area contributed by atoms with Gasteiger partial charge in [-0.1, -0.05) is 39.5 Å². The fourth-order valence-corrected chi connectivity index (χ4v) is 12.2. The number of amides is 4. The summed E-state index contributed by atoms with van der Waals surface area (Å²) in [6.07, 6.45) is 28.2. The summed E-state index contributed by atoms with van der Waals surface area (Å²) in [7, 11) is 0. The molecule has 4 saturated carbocycles. The van der Waals surface area contributed by atoms with Crippen molar-refractivity contribution >= 4 is 12.1 Å². The molecular weight excluding hydrogens is 677 g/mol. The smallest absolute Gasteiger partial charge is 0.317 e. The Balaban J connectivity index is 0.000000167. The summed E-state index contributed by atoms with van der Waals surface area (Å²) in [5.41, 5.74) is 0. The van der Waals surface area contributed by atoms with Crippen LogP contribution < -0.4 is 10.6 Å². The molecule has 4 amide bonds. The van der Waals surface area contributed by atoms with E-state index in [2.05, 4.69) is 44.1 Å². The Morgan fingerprint density at radius 2 is 0.852 bits per heavy atom. The van der Waals surface area contributed by atoms with Gasteiger partial charge in [0.15, 0.2) is 0 Å². The van der Waals surface area contributed by atoms with Gasteiger partial charge >= 0.3 is 12.1 Å². The molecule has 8 rings (SSSR count). The summed E-state index contributed by atoms with van der Waals surface area (Å²) >= 11 is 0. The van der Waals surface area contributed by atoms with E-state index >= 15 is 0 Å². The third-order valence-electron chi connectivity index (χ3n) is 15.2. The molecule has 4 aliphatic heterocycles. The molecule has 54 heavy (non-hydrogen) atoms. The topological polar surface area (TPSA) is 89.6 Å². The van der Waals surface area contributed by atoms with Crippen LogP contribution in [0.3, 0.4) is 0 Å². The first kappa shape index (κ1) is 40.6. The largest absolute Gasteiger partial charge is 0.378 e. The van der Waals surface area contributed by atoms with E-state index in [0.717, 1.165) is 103 Å². The quantitative estimate of drug-likeness (QED) is 0.240. The van der Waals surface area contributed by atoms with Crippen molar-refractivity contribution in [2.24, 2.45) is 11.8 Å². The number of hydrogen-bond acceptors (Lipinski definition) is 6. The number of carbonyl (C=O) groups is 2. The van der Waals surface area contributed by atoms with Crippen LogP contribution in [0.5, 0.6) is 0 Å². The molecule has 4 saturated heterocycles. The number of hydrogen-bond donors (Lipinski definition) is 2. The minimum absolute atomic E-state index is 0.213. The fourth-order valence-electron chi connectivity index (χ4n) is 12.2. The van der Waals surface area contributed by atoms with E-state index in [0.29, 0.717) is 48.2 Å². The standard InChI is InChI=1S/2C22H39N3O2/c2*1-2-15-27-20-9-7-18(8-10-20)24-13-11-19(12-14-24)25-21-6-4-3-5-17(21)16-23-22(25)26/h2*17-21H,2-16H2,1H3,(H,23,26)/t2*17-,18?,20?,21+/m11/s1. The van der Waals surface area contributed by atoms with Crippen LogP contribution in [0.4, 0.5) is 9.59 Å². The molecule has 0 aromatic carbocycles. The van der Waals surface area contributed by atoms with Crippen molar-refractivity contribution in [1.29, 1.82) is 0 Å². The van der Waals surface area contributed by atoms with Crippen LogP contribution in [0.25, 0.3) is 0 Å². The summed E-state index contributed by atoms with van der Waals surface area (Å²) in [6, 6.07) is 3.84. The minimum atomic E-state index is 0.213. The van der Waals surface area contributed by atoms with Gasteiger partial charge in [-0.25, -0.2) is 9.59 Å². The molecule has 0 unspecified atom stereocenters. The first-order valence-electron chi connectivity index (χ1n) is 23.4. The number of nitrogens with one attached hydrogen (secondary N) is 2. The van der Waals surface area contributed by atoms with E-state index in [1.807, 2.05) is 0 Å². The highest BCUT2D eigenvalue weighted by Gasteiger charge is 2.43. The molecule has 308 valence electrons. The van der Waals surface area contributed by atoms with E-state index in [1.54, 1.807) is 0 Å². The predicted molar refractivity (Wildman–Crippen MR) is 216 cm³/mol. The van der Waals surface area contributed by atoms with Gasteiger partial charge in [0.25, 0.3) is 0 Å². The van der Waals surface area contributed by atoms with Gasteiger partial charge in [-0.2, -0.15) is 0 Å². The van der Waals surface area contributed by atoms with Crippen LogP contribution in [0.1, 0.15) is 155 Å². The average Bonchev–Trinajstić information content (AvgIpc) is 3.23. The van der Waals surface area contributed by atoms with Gasteiger partial charge in [-0.15, -0.1) is 0 Å². The maximum Gasteiger partial charge on any atom is 0.317 e. The molecule has 8 aliphatic rings. The van der Waals surface area contributed by atoms with Crippen molar-refractivity contribution in [3.8, 4) is 0 Å². The molecule has 4 atom stereocenters. The van der Waals surface area contributed by atoms with Crippen molar-refractivity contribution in [3.05, 3.63) is 0 Å². The Bertz CT molecular complexity index is 1060. The Labute approximate surface area is 328 Å². The number of fused-ring (bicyclic) bond motifs is 2. The Hall–Kier alpha value is -1.62. The number of likely N-dealkylation sites (tertiary alicyclic amines) is 2. The molecule has 2 N–H and O–H groups in total. The molecule has 4 aliphatic carbocycles. The Morgan fingerprint density at radius 1 is 0.481 bits per heavy atom. The number of piperidine rings is 2. The second-order valence-corrected chi connectivity index (χ2v) is 18.5. The molecule has 4 heterocycles. The lowest BCUT2D eigenvalue weighted by Gasteiger charge is -2.50. The zero-order valence-corrected chi connectivity index (χ0v) is 34.4. The molecule has 0 aromatic heterocycles. The minimum Gasteiger partial charge on any atom is -0.378 e. The Kier molecular flexibility index (Phi) is 15.2. The SMILES string of the molecule is CCCOC1CCC(N2CCC(N3C(=O)NC[C@H]4CCCC[C@@H]43)CC2)CC1.CCCOC1CCC(N2CCC(N3C(=O)NC[C@H]4CCCC[C@@H]43)CC2)CC1. The monoisotopic (exact) mass is 755 g/mol. The van der Waals surface area contributed by atoms with Gasteiger partial charge in [-0.3, -0.25) is 0 Å². The van der Waals surface area contributed by atoms with E-state index in [4.69, 9.17) is 9.47 Å². The lowest BCUT2D eigenvalue weighted by Crippen LogP contribution is -2.63. The van der Waals surface area contributed by atoms with Crippen LogP contribution in [0, 0.1) is 11.8 Å². The zero-order valence-electron chi connectivity index (χ0n) is 34.4. The van der Waals surface area contributed by atoms with Crippen molar-refractivity contribution < 1.29 is 19.1 Å². The lowest BCUT2D eigenvalue weighted by atomic mass is 9.81. The van der Waals surface area contributed by atoms with Crippen LogP contribution in [0.15, 0.2) is 0 Å². The van der Waals surface area contributed by atoms with Crippen molar-refractivity contribution in [1.82, 2.24) is 30.2 Å². The second-order valence-electron chi connectivity index (χ2n) is 18.5. The average molecular weight is 755 g/mol. The molecule has 0 radical (unpaired) electrons. The van der Waals surface area contributed by atoms with Crippen molar-refractivity contribution in [3.63, 3.8) is 0 Å². The summed E-state index contributed by atoms with van der Waals surface area (Å²) in [5.74, 6) is 1.38. The molecule has 0 bridgehead atoms. The van der Waals surface area contributed by atoms with Gasteiger partial charge in [0.2, 0.25) is 0 Å². The molecular formula is C44H78N6O4. The highest BCUT2D eigenvalue weighted by molar-refractivity contribution is 5.76. The second kappa shape index (κ2) is 20.2. The predicted octanol–water partition coefficient (Wildman–Crippen LogP) is 7.55. The zero-order chi connectivity index (χ0) is 37.3. The number of ether oxygens (including phenoxy) is 2. The molecule has 0 spiro atoms. The lowest BCUT2D eigenvalue weighted by molar-refractivity contribution is -0.00585. The van der Waals surface area contributed by atoms with Crippen LogP contribution in [0.2, 0.25) is 0 Å². The summed E-state index contributed by atoms with van der Waals surface area (Å²) in [6.45, 7) is 12.7. The maximum atomic E-state index is 12.6. The van der Waals surface area contributed by atoms with Gasteiger partial charge < -0.3 is 39.7 Å². The Morgan fingerprint density at radius 3 is 1.22 bits per heavy atom. The van der Waals surface area contributed by atoms with Crippen molar-refractivity contribution in [2.75, 3.05) is 52.5 Å². The van der Waals surface area contributed by atoms with E-state index in [-0.39, 0.29) is 12.1 Å². The number of rotatable bonds is 10. The third-order valence-corrected chi connectivity index (χ3v) is 15.2. The van der Waals surface area contributed by atoms with Crippen LogP contribution in [-0.4, -0.2) is 133 Å². The normalized spacial score (nSPS) is 36.3. The first-order valence-corrected chi connectivity index (χ1v) is 23.4. The van der Waals surface area contributed by atoms with Gasteiger partial charge in [0.1, 0.15) is 0 Å². The summed E-state index contributed by atoms with van der Waals surface area (Å²) < 4.78 is 11.9. The van der Waals surface area contributed by atoms with E-state index in [9.17, 15) is 9.59 Å². The number of nitrogens with zero attached hydrogens (tertiary/aromatic N) is 4. The fraction of sp³-hybridized carbons (Fsp3) is 0.955. The summed E-state index contributed by atoms with van der Waals surface area (Å²) in [5, 5.41) is 6.37. The maximum absolute atomic E-state index is 12.6. The third kappa shape index (κ3) is 10.1. The molecule has 10 nitrogen and oxygen atoms in total. The highest BCUT2D eigenvalue weighted by Crippen LogP contribution is 2.37. The molecule has 0 aromatic rings.